The number of fused-ring (bicyclic) bond motifs is 1. The predicted octanol–water partition coefficient (Wildman–Crippen LogP) is 3.79. The number of ether oxygens (including phenoxy) is 1. The summed E-state index contributed by atoms with van der Waals surface area (Å²) in [7, 11) is 1.52. The first-order chi connectivity index (χ1) is 14.7. The Balaban J connectivity index is 2.13. The van der Waals surface area contributed by atoms with Crippen molar-refractivity contribution in [3.63, 3.8) is 0 Å². The van der Waals surface area contributed by atoms with Gasteiger partial charge in [0.1, 0.15) is 17.0 Å². The minimum absolute atomic E-state index is 0.0505. The first-order valence-corrected chi connectivity index (χ1v) is 10.5. The predicted molar refractivity (Wildman–Crippen MR) is 120 cm³/mol. The molecule has 1 aromatic carbocycles. The van der Waals surface area contributed by atoms with Crippen molar-refractivity contribution in [3.8, 4) is 27.4 Å². The van der Waals surface area contributed by atoms with Gasteiger partial charge in [-0.2, -0.15) is 0 Å². The molecule has 3 aromatic heterocycles. The molecule has 0 bridgehead atoms. The molecule has 0 spiro atoms. The number of hydrogen-bond acceptors (Lipinski definition) is 6. The number of halogens is 1. The van der Waals surface area contributed by atoms with E-state index in [1.165, 1.54) is 11.6 Å². The van der Waals surface area contributed by atoms with Gasteiger partial charge >= 0.3 is 11.7 Å². The van der Waals surface area contributed by atoms with Gasteiger partial charge in [0.15, 0.2) is 0 Å². The monoisotopic (exact) mass is 459 g/mol. The highest BCUT2D eigenvalue weighted by atomic mass is 35.5. The summed E-state index contributed by atoms with van der Waals surface area (Å²) in [4.78, 5) is 43.6. The Morgan fingerprint density at radius 3 is 2.71 bits per heavy atom. The molecule has 0 saturated carbocycles. The lowest BCUT2D eigenvalue weighted by Crippen LogP contribution is -2.28. The molecular weight excluding hydrogens is 442 g/mol. The Hall–Kier alpha value is -3.30. The van der Waals surface area contributed by atoms with E-state index in [4.69, 9.17) is 16.3 Å². The van der Waals surface area contributed by atoms with E-state index in [9.17, 15) is 19.5 Å². The number of rotatable bonds is 4. The fraction of sp³-hybridized carbons (Fsp3) is 0.190. The standard InChI is InChI=1S/C21H18ClN3O5S/c1-4-30-20(28)12-9(2)31-17(16(12)26)13-14-18(25(3)21(29)24-19(14)27)23-15(13)10-6-5-7-11(22)8-10/h5-8,23,26H,4H2,1-3H3,(H,24,27,29). The van der Waals surface area contributed by atoms with E-state index in [1.54, 1.807) is 38.1 Å². The van der Waals surface area contributed by atoms with Crippen LogP contribution in [0.4, 0.5) is 0 Å². The average molecular weight is 460 g/mol. The first-order valence-electron chi connectivity index (χ1n) is 9.35. The molecule has 4 aromatic rings. The molecule has 10 heteroatoms. The van der Waals surface area contributed by atoms with Crippen LogP contribution >= 0.6 is 22.9 Å². The van der Waals surface area contributed by atoms with Crippen molar-refractivity contribution in [2.45, 2.75) is 13.8 Å². The van der Waals surface area contributed by atoms with Gasteiger partial charge < -0.3 is 14.8 Å². The van der Waals surface area contributed by atoms with Crippen molar-refractivity contribution < 1.29 is 14.6 Å². The molecule has 3 N–H and O–H groups in total. The molecule has 0 radical (unpaired) electrons. The summed E-state index contributed by atoms with van der Waals surface area (Å²) in [5.41, 5.74) is 0.638. The number of thiophene rings is 1. The summed E-state index contributed by atoms with van der Waals surface area (Å²) in [6.45, 7) is 3.52. The van der Waals surface area contributed by atoms with Crippen LogP contribution in [-0.2, 0) is 11.8 Å². The zero-order valence-electron chi connectivity index (χ0n) is 16.8. The average Bonchev–Trinajstić information content (AvgIpc) is 3.24. The van der Waals surface area contributed by atoms with Gasteiger partial charge in [-0.3, -0.25) is 14.3 Å². The lowest BCUT2D eigenvalue weighted by molar-refractivity contribution is 0.0523. The number of benzene rings is 1. The third-order valence-electron chi connectivity index (χ3n) is 4.95. The summed E-state index contributed by atoms with van der Waals surface area (Å²) in [5, 5.41) is 11.6. The van der Waals surface area contributed by atoms with Crippen LogP contribution in [0.25, 0.3) is 32.7 Å². The second-order valence-corrected chi connectivity index (χ2v) is 8.52. The highest BCUT2D eigenvalue weighted by Crippen LogP contribution is 2.47. The minimum atomic E-state index is -0.648. The van der Waals surface area contributed by atoms with Crippen LogP contribution in [0.15, 0.2) is 33.9 Å². The van der Waals surface area contributed by atoms with E-state index in [1.807, 2.05) is 0 Å². The second kappa shape index (κ2) is 7.75. The zero-order valence-corrected chi connectivity index (χ0v) is 18.4. The van der Waals surface area contributed by atoms with Crippen LogP contribution in [0.3, 0.4) is 0 Å². The van der Waals surface area contributed by atoms with E-state index in [0.717, 1.165) is 11.3 Å². The summed E-state index contributed by atoms with van der Waals surface area (Å²) < 4.78 is 6.34. The molecular formula is C21H18ClN3O5S. The normalized spacial score (nSPS) is 11.2. The third kappa shape index (κ3) is 3.35. The lowest BCUT2D eigenvalue weighted by Gasteiger charge is -2.05. The Kier molecular flexibility index (Phi) is 5.24. The zero-order chi connectivity index (χ0) is 22.4. The second-order valence-electron chi connectivity index (χ2n) is 6.86. The van der Waals surface area contributed by atoms with Crippen LogP contribution in [0.1, 0.15) is 22.2 Å². The number of H-pyrrole nitrogens is 2. The molecule has 31 heavy (non-hydrogen) atoms. The van der Waals surface area contributed by atoms with Gasteiger partial charge in [-0.1, -0.05) is 23.7 Å². The van der Waals surface area contributed by atoms with Crippen molar-refractivity contribution in [1.29, 1.82) is 0 Å². The molecule has 0 fully saturated rings. The molecule has 0 saturated heterocycles. The molecule has 0 aliphatic heterocycles. The molecule has 3 heterocycles. The smallest absolute Gasteiger partial charge is 0.343 e. The van der Waals surface area contributed by atoms with Crippen molar-refractivity contribution in [3.05, 3.63) is 60.6 Å². The fourth-order valence-corrected chi connectivity index (χ4v) is 4.82. The molecule has 0 unspecified atom stereocenters. The molecule has 0 aliphatic carbocycles. The van der Waals surface area contributed by atoms with Crippen molar-refractivity contribution in [1.82, 2.24) is 14.5 Å². The van der Waals surface area contributed by atoms with Gasteiger partial charge in [0.2, 0.25) is 0 Å². The van der Waals surface area contributed by atoms with Crippen molar-refractivity contribution in [2.24, 2.45) is 7.05 Å². The number of aromatic nitrogens is 3. The molecule has 160 valence electrons. The highest BCUT2D eigenvalue weighted by molar-refractivity contribution is 7.16. The Bertz CT molecular complexity index is 1460. The van der Waals surface area contributed by atoms with Crippen LogP contribution in [0.2, 0.25) is 5.02 Å². The maximum Gasteiger partial charge on any atom is 0.343 e. The number of aromatic amines is 2. The van der Waals surface area contributed by atoms with Crippen molar-refractivity contribution >= 4 is 39.9 Å². The quantitative estimate of drug-likeness (QED) is 0.401. The van der Waals surface area contributed by atoms with E-state index >= 15 is 0 Å². The van der Waals surface area contributed by atoms with Gasteiger partial charge in [-0.25, -0.2) is 9.59 Å². The number of esters is 1. The van der Waals surface area contributed by atoms with Gasteiger partial charge in [0.05, 0.1) is 22.6 Å². The molecule has 0 atom stereocenters. The van der Waals surface area contributed by atoms with Crippen LogP contribution in [0.5, 0.6) is 5.75 Å². The van der Waals surface area contributed by atoms with Gasteiger partial charge in [0.25, 0.3) is 5.56 Å². The summed E-state index contributed by atoms with van der Waals surface area (Å²) >= 11 is 7.33. The molecule has 8 nitrogen and oxygen atoms in total. The first kappa shape index (κ1) is 21.0. The fourth-order valence-electron chi connectivity index (χ4n) is 3.54. The highest BCUT2D eigenvalue weighted by Gasteiger charge is 2.29. The molecule has 4 rings (SSSR count). The number of aromatic hydroxyl groups is 1. The number of aryl methyl sites for hydroxylation is 2. The number of nitrogens with zero attached hydrogens (tertiary/aromatic N) is 1. The SMILES string of the molecule is CCOC(=O)c1c(C)sc(-c2c(-c3cccc(Cl)c3)[nH]c3c2c(=O)[nH]c(=O)n3C)c1O. The summed E-state index contributed by atoms with van der Waals surface area (Å²) in [6, 6.07) is 6.95. The van der Waals surface area contributed by atoms with E-state index in [2.05, 4.69) is 9.97 Å². The number of carbonyl (C=O) groups excluding carboxylic acids is 1. The minimum Gasteiger partial charge on any atom is -0.505 e. The van der Waals surface area contributed by atoms with Gasteiger partial charge in [-0.15, -0.1) is 11.3 Å². The van der Waals surface area contributed by atoms with E-state index < -0.39 is 17.2 Å². The number of carbonyl (C=O) groups is 1. The Morgan fingerprint density at radius 2 is 2.03 bits per heavy atom. The maximum absolute atomic E-state index is 12.8. The number of nitrogens with one attached hydrogen (secondary N) is 2. The van der Waals surface area contributed by atoms with E-state index in [-0.39, 0.29) is 29.0 Å². The largest absolute Gasteiger partial charge is 0.505 e. The summed E-state index contributed by atoms with van der Waals surface area (Å²) in [5.74, 6) is -0.927. The molecule has 0 aliphatic rings. The van der Waals surface area contributed by atoms with Gasteiger partial charge in [-0.05, 0) is 26.0 Å². The lowest BCUT2D eigenvalue weighted by atomic mass is 10.0. The van der Waals surface area contributed by atoms with Crippen molar-refractivity contribution in [2.75, 3.05) is 6.61 Å². The topological polar surface area (TPSA) is 117 Å². The maximum atomic E-state index is 12.8. The van der Waals surface area contributed by atoms with Crippen LogP contribution in [0, 0.1) is 6.92 Å². The number of hydrogen-bond donors (Lipinski definition) is 3. The van der Waals surface area contributed by atoms with E-state index in [0.29, 0.717) is 31.6 Å². The summed E-state index contributed by atoms with van der Waals surface area (Å²) in [6.07, 6.45) is 0. The Labute approximate surface area is 184 Å². The third-order valence-corrected chi connectivity index (χ3v) is 6.29. The van der Waals surface area contributed by atoms with Crippen LogP contribution < -0.4 is 11.2 Å². The van der Waals surface area contributed by atoms with Crippen LogP contribution in [-0.4, -0.2) is 32.2 Å². The molecule has 0 amide bonds. The van der Waals surface area contributed by atoms with Gasteiger partial charge in [0, 0.05) is 28.1 Å². The Morgan fingerprint density at radius 1 is 1.29 bits per heavy atom.